The number of amides is 1. The van der Waals surface area contributed by atoms with Crippen LogP contribution in [0.4, 0.5) is 0 Å². The molecule has 1 aliphatic rings. The third kappa shape index (κ3) is 3.90. The fourth-order valence-corrected chi connectivity index (χ4v) is 3.70. The fraction of sp³-hybridized carbons (Fsp3) is 0.409. The summed E-state index contributed by atoms with van der Waals surface area (Å²) in [4.78, 5) is 43.1. The highest BCUT2D eigenvalue weighted by atomic mass is 16.5. The molecular weight excluding hydrogens is 388 g/mol. The highest BCUT2D eigenvalue weighted by Gasteiger charge is 2.33. The average Bonchev–Trinajstić information content (AvgIpc) is 3.40. The number of likely N-dealkylation sites (tertiary alicyclic amines) is 1. The smallest absolute Gasteiger partial charge is 0.340 e. The number of rotatable bonds is 7. The van der Waals surface area contributed by atoms with Crippen molar-refractivity contribution in [3.05, 3.63) is 35.2 Å². The molecule has 0 unspecified atom stereocenters. The summed E-state index contributed by atoms with van der Waals surface area (Å²) in [7, 11) is 3.02. The Labute approximate surface area is 175 Å². The van der Waals surface area contributed by atoms with Crippen LogP contribution in [0.25, 0.3) is 11.1 Å². The van der Waals surface area contributed by atoms with Crippen LogP contribution in [0.5, 0.6) is 11.5 Å². The van der Waals surface area contributed by atoms with Crippen LogP contribution in [0, 0.1) is 6.92 Å². The summed E-state index contributed by atoms with van der Waals surface area (Å²) < 4.78 is 15.9. The summed E-state index contributed by atoms with van der Waals surface area (Å²) in [5, 5.41) is 0. The van der Waals surface area contributed by atoms with Crippen LogP contribution in [-0.2, 0) is 9.53 Å². The Bertz CT molecular complexity index is 972. The van der Waals surface area contributed by atoms with Crippen molar-refractivity contribution in [1.29, 1.82) is 0 Å². The molecule has 1 aromatic heterocycles. The van der Waals surface area contributed by atoms with E-state index in [0.29, 0.717) is 41.4 Å². The van der Waals surface area contributed by atoms with E-state index in [2.05, 4.69) is 4.98 Å². The number of H-pyrrole nitrogens is 1. The molecule has 1 N–H and O–H groups in total. The van der Waals surface area contributed by atoms with E-state index in [0.717, 1.165) is 12.8 Å². The van der Waals surface area contributed by atoms with Gasteiger partial charge in [0.15, 0.2) is 11.5 Å². The topological polar surface area (TPSA) is 97.9 Å². The number of carbonyl (C=O) groups is 3. The standard InChI is InChI=1S/C22H26N2O6/c1-5-30-22(27)17-13(2)23-19(20(25)21(26)24-10-6-7-11-24)18(17)14-8-9-15(28-3)16(12-14)29-4/h8-9,12,23H,5-7,10-11H2,1-4H3. The van der Waals surface area contributed by atoms with Gasteiger partial charge in [-0.05, 0) is 44.4 Å². The van der Waals surface area contributed by atoms with Gasteiger partial charge in [0.05, 0.1) is 26.4 Å². The summed E-state index contributed by atoms with van der Waals surface area (Å²) in [6.45, 7) is 4.68. The van der Waals surface area contributed by atoms with Crippen molar-refractivity contribution in [2.75, 3.05) is 33.9 Å². The van der Waals surface area contributed by atoms with Crippen molar-refractivity contribution in [1.82, 2.24) is 9.88 Å². The van der Waals surface area contributed by atoms with Crippen LogP contribution in [0.1, 0.15) is 46.3 Å². The number of esters is 1. The van der Waals surface area contributed by atoms with Crippen molar-refractivity contribution >= 4 is 17.7 Å². The Morgan fingerprint density at radius 1 is 1.07 bits per heavy atom. The van der Waals surface area contributed by atoms with Crippen LogP contribution < -0.4 is 9.47 Å². The molecule has 1 fully saturated rings. The van der Waals surface area contributed by atoms with Gasteiger partial charge in [-0.15, -0.1) is 0 Å². The minimum absolute atomic E-state index is 0.0691. The summed E-state index contributed by atoms with van der Waals surface area (Å²) in [6.07, 6.45) is 1.75. The number of aromatic nitrogens is 1. The van der Waals surface area contributed by atoms with Gasteiger partial charge in [0.25, 0.3) is 11.7 Å². The van der Waals surface area contributed by atoms with Crippen molar-refractivity contribution in [3.63, 3.8) is 0 Å². The van der Waals surface area contributed by atoms with Crippen molar-refractivity contribution in [2.45, 2.75) is 26.7 Å². The Hall–Kier alpha value is -3.29. The van der Waals surface area contributed by atoms with E-state index < -0.39 is 17.7 Å². The van der Waals surface area contributed by atoms with E-state index in [1.165, 1.54) is 14.2 Å². The maximum absolute atomic E-state index is 13.1. The molecule has 0 saturated carbocycles. The van der Waals surface area contributed by atoms with E-state index in [4.69, 9.17) is 14.2 Å². The minimum Gasteiger partial charge on any atom is -0.493 e. The van der Waals surface area contributed by atoms with Gasteiger partial charge in [0, 0.05) is 24.3 Å². The number of hydrogen-bond acceptors (Lipinski definition) is 6. The van der Waals surface area contributed by atoms with Crippen molar-refractivity contribution < 1.29 is 28.6 Å². The second-order valence-electron chi connectivity index (χ2n) is 6.99. The molecule has 0 bridgehead atoms. The number of Topliss-reactive ketones (excluding diaryl/α,β-unsaturated/α-hetero) is 1. The molecule has 1 aliphatic heterocycles. The van der Waals surface area contributed by atoms with Crippen LogP contribution in [0.3, 0.4) is 0 Å². The molecule has 8 nitrogen and oxygen atoms in total. The van der Waals surface area contributed by atoms with E-state index in [1.54, 1.807) is 36.9 Å². The van der Waals surface area contributed by atoms with E-state index >= 15 is 0 Å². The summed E-state index contributed by atoms with van der Waals surface area (Å²) >= 11 is 0. The average molecular weight is 414 g/mol. The predicted octanol–water partition coefficient (Wildman–Crippen LogP) is 2.99. The number of carbonyl (C=O) groups excluding carboxylic acids is 3. The quantitative estimate of drug-likeness (QED) is 0.425. The Morgan fingerprint density at radius 2 is 1.73 bits per heavy atom. The highest BCUT2D eigenvalue weighted by molar-refractivity contribution is 6.43. The van der Waals surface area contributed by atoms with E-state index in [9.17, 15) is 14.4 Å². The van der Waals surface area contributed by atoms with E-state index in [-0.39, 0.29) is 17.9 Å². The van der Waals surface area contributed by atoms with Gasteiger partial charge >= 0.3 is 5.97 Å². The number of aryl methyl sites for hydroxylation is 1. The second-order valence-corrected chi connectivity index (χ2v) is 6.99. The largest absolute Gasteiger partial charge is 0.493 e. The predicted molar refractivity (Wildman–Crippen MR) is 110 cm³/mol. The zero-order valence-electron chi connectivity index (χ0n) is 17.7. The highest BCUT2D eigenvalue weighted by Crippen LogP contribution is 2.37. The number of ketones is 1. The molecule has 160 valence electrons. The molecule has 2 heterocycles. The summed E-state index contributed by atoms with van der Waals surface area (Å²) in [6, 6.07) is 5.06. The lowest BCUT2D eigenvalue weighted by Gasteiger charge is -2.15. The SMILES string of the molecule is CCOC(=O)c1c(C)[nH]c(C(=O)C(=O)N2CCCC2)c1-c1ccc(OC)c(OC)c1. The number of nitrogens with one attached hydrogen (secondary N) is 1. The number of benzene rings is 1. The van der Waals surface area contributed by atoms with Gasteiger partial charge in [-0.3, -0.25) is 9.59 Å². The molecule has 0 aliphatic carbocycles. The second kappa shape index (κ2) is 9.02. The molecule has 0 atom stereocenters. The number of nitrogens with zero attached hydrogens (tertiary/aromatic N) is 1. The van der Waals surface area contributed by atoms with Crippen LogP contribution in [0.15, 0.2) is 18.2 Å². The third-order valence-corrected chi connectivity index (χ3v) is 5.15. The van der Waals surface area contributed by atoms with Gasteiger partial charge in [0.2, 0.25) is 0 Å². The fourth-order valence-electron chi connectivity index (χ4n) is 3.70. The molecule has 1 saturated heterocycles. The normalized spacial score (nSPS) is 13.3. The first-order valence-electron chi connectivity index (χ1n) is 9.88. The summed E-state index contributed by atoms with van der Waals surface area (Å²) in [5.74, 6) is -0.880. The van der Waals surface area contributed by atoms with Gasteiger partial charge in [-0.2, -0.15) is 0 Å². The van der Waals surface area contributed by atoms with Gasteiger partial charge in [0.1, 0.15) is 5.69 Å². The Balaban J connectivity index is 2.16. The Kier molecular flexibility index (Phi) is 6.44. The number of ether oxygens (including phenoxy) is 3. The maximum atomic E-state index is 13.1. The maximum Gasteiger partial charge on any atom is 0.340 e. The summed E-state index contributed by atoms with van der Waals surface area (Å²) in [5.41, 5.74) is 1.61. The first-order valence-corrected chi connectivity index (χ1v) is 9.88. The molecule has 8 heteroatoms. The number of methoxy groups -OCH3 is 2. The number of aromatic amines is 1. The molecule has 1 amide bonds. The zero-order valence-corrected chi connectivity index (χ0v) is 17.7. The molecule has 30 heavy (non-hydrogen) atoms. The van der Waals surface area contributed by atoms with Gasteiger partial charge < -0.3 is 24.1 Å². The van der Waals surface area contributed by atoms with E-state index in [1.807, 2.05) is 0 Å². The van der Waals surface area contributed by atoms with Crippen LogP contribution >= 0.6 is 0 Å². The first kappa shape index (κ1) is 21.4. The lowest BCUT2D eigenvalue weighted by atomic mass is 9.97. The molecule has 0 spiro atoms. The first-order chi connectivity index (χ1) is 14.4. The van der Waals surface area contributed by atoms with Gasteiger partial charge in [-0.1, -0.05) is 6.07 Å². The lowest BCUT2D eigenvalue weighted by molar-refractivity contribution is -0.125. The van der Waals surface area contributed by atoms with Crippen LogP contribution in [-0.4, -0.2) is 61.5 Å². The Morgan fingerprint density at radius 3 is 2.33 bits per heavy atom. The lowest BCUT2D eigenvalue weighted by Crippen LogP contribution is -2.34. The monoisotopic (exact) mass is 414 g/mol. The zero-order chi connectivity index (χ0) is 21.8. The number of hydrogen-bond donors (Lipinski definition) is 1. The van der Waals surface area contributed by atoms with Crippen molar-refractivity contribution in [2.24, 2.45) is 0 Å². The van der Waals surface area contributed by atoms with Gasteiger partial charge in [-0.25, -0.2) is 4.79 Å². The third-order valence-electron chi connectivity index (χ3n) is 5.15. The van der Waals surface area contributed by atoms with Crippen LogP contribution in [0.2, 0.25) is 0 Å². The molecule has 0 radical (unpaired) electrons. The molecule has 2 aromatic rings. The minimum atomic E-state index is -0.680. The molecule has 3 rings (SSSR count). The van der Waals surface area contributed by atoms with Crippen molar-refractivity contribution in [3.8, 4) is 22.6 Å². The molecular formula is C22H26N2O6. The molecule has 1 aromatic carbocycles.